The monoisotopic (exact) mass is 318 g/mol. The number of hydrogen-bond donors (Lipinski definition) is 1. The summed E-state index contributed by atoms with van der Waals surface area (Å²) >= 11 is 0. The van der Waals surface area contributed by atoms with Gasteiger partial charge in [-0.2, -0.15) is 0 Å². The van der Waals surface area contributed by atoms with Crippen molar-refractivity contribution in [3.8, 4) is 5.75 Å². The van der Waals surface area contributed by atoms with E-state index in [1.165, 1.54) is 5.56 Å². The minimum Gasteiger partial charge on any atom is -0.494 e. The Morgan fingerprint density at radius 2 is 2.17 bits per heavy atom. The minimum absolute atomic E-state index is 0.117. The summed E-state index contributed by atoms with van der Waals surface area (Å²) in [6.45, 7) is 3.86. The molecule has 0 bridgehead atoms. The third-order valence-corrected chi connectivity index (χ3v) is 4.22. The van der Waals surface area contributed by atoms with E-state index in [0.29, 0.717) is 19.6 Å². The van der Waals surface area contributed by atoms with E-state index in [9.17, 15) is 9.59 Å². The molecule has 1 aliphatic heterocycles. The third kappa shape index (κ3) is 5.58. The van der Waals surface area contributed by atoms with E-state index in [1.54, 1.807) is 4.90 Å². The maximum absolute atomic E-state index is 12.2. The lowest BCUT2D eigenvalue weighted by molar-refractivity contribution is -0.135. The van der Waals surface area contributed by atoms with Crippen LogP contribution >= 0.6 is 0 Å². The normalized spacial score (nSPS) is 17.8. The van der Waals surface area contributed by atoms with Crippen molar-refractivity contribution in [2.45, 2.75) is 39.0 Å². The van der Waals surface area contributed by atoms with Gasteiger partial charge in [0.2, 0.25) is 11.8 Å². The first kappa shape index (κ1) is 17.3. The van der Waals surface area contributed by atoms with Gasteiger partial charge in [0.05, 0.1) is 12.5 Å². The number of aryl methyl sites for hydroxylation is 1. The highest BCUT2D eigenvalue weighted by Gasteiger charge is 2.26. The molecule has 5 heteroatoms. The molecule has 1 unspecified atom stereocenters. The Morgan fingerprint density at radius 1 is 1.35 bits per heavy atom. The first-order valence-electron chi connectivity index (χ1n) is 8.33. The number of amides is 2. The first-order valence-corrected chi connectivity index (χ1v) is 8.33. The Morgan fingerprint density at radius 3 is 2.91 bits per heavy atom. The van der Waals surface area contributed by atoms with Crippen LogP contribution in [0.25, 0.3) is 0 Å². The van der Waals surface area contributed by atoms with Crippen LogP contribution in [0.4, 0.5) is 0 Å². The number of nitrogens with two attached hydrogens (primary N) is 1. The molecule has 1 aromatic rings. The minimum atomic E-state index is -0.297. The molecule has 0 aromatic heterocycles. The van der Waals surface area contributed by atoms with Gasteiger partial charge in [-0.1, -0.05) is 12.1 Å². The third-order valence-electron chi connectivity index (χ3n) is 4.22. The second-order valence-electron chi connectivity index (χ2n) is 6.20. The SMILES string of the molecule is Cc1cccc(OCCCCC(=O)N2CCCC(C(N)=O)C2)c1. The van der Waals surface area contributed by atoms with Crippen LogP contribution in [0.1, 0.15) is 37.7 Å². The highest BCUT2D eigenvalue weighted by molar-refractivity contribution is 5.80. The van der Waals surface area contributed by atoms with Crippen molar-refractivity contribution >= 4 is 11.8 Å². The lowest BCUT2D eigenvalue weighted by atomic mass is 9.97. The zero-order valence-electron chi connectivity index (χ0n) is 13.8. The second-order valence-corrected chi connectivity index (χ2v) is 6.20. The van der Waals surface area contributed by atoms with E-state index < -0.39 is 0 Å². The summed E-state index contributed by atoms with van der Waals surface area (Å²) in [4.78, 5) is 25.2. The van der Waals surface area contributed by atoms with Crippen LogP contribution in [-0.2, 0) is 9.59 Å². The molecule has 1 heterocycles. The average molecular weight is 318 g/mol. The molecule has 1 atom stereocenters. The van der Waals surface area contributed by atoms with Crippen LogP contribution in [-0.4, -0.2) is 36.4 Å². The number of likely N-dealkylation sites (tertiary alicyclic amines) is 1. The van der Waals surface area contributed by atoms with Crippen LogP contribution in [0, 0.1) is 12.8 Å². The van der Waals surface area contributed by atoms with Gasteiger partial charge in [-0.3, -0.25) is 9.59 Å². The predicted molar refractivity (Wildman–Crippen MR) is 89.0 cm³/mol. The lowest BCUT2D eigenvalue weighted by Crippen LogP contribution is -2.44. The summed E-state index contributed by atoms with van der Waals surface area (Å²) in [6.07, 6.45) is 3.79. The molecule has 2 N–H and O–H groups in total. The van der Waals surface area contributed by atoms with Gasteiger partial charge in [-0.25, -0.2) is 0 Å². The molecule has 1 saturated heterocycles. The molecule has 23 heavy (non-hydrogen) atoms. The fraction of sp³-hybridized carbons (Fsp3) is 0.556. The van der Waals surface area contributed by atoms with E-state index in [4.69, 9.17) is 10.5 Å². The van der Waals surface area contributed by atoms with Crippen molar-refractivity contribution in [3.63, 3.8) is 0 Å². The Kier molecular flexibility index (Phi) is 6.44. The van der Waals surface area contributed by atoms with Crippen LogP contribution < -0.4 is 10.5 Å². The molecule has 1 aromatic carbocycles. The number of carbonyl (C=O) groups is 2. The zero-order valence-corrected chi connectivity index (χ0v) is 13.8. The quantitative estimate of drug-likeness (QED) is 0.784. The lowest BCUT2D eigenvalue weighted by Gasteiger charge is -2.31. The summed E-state index contributed by atoms with van der Waals surface area (Å²) in [5.41, 5.74) is 6.51. The van der Waals surface area contributed by atoms with Crippen LogP contribution in [0.5, 0.6) is 5.75 Å². The number of unbranched alkanes of at least 4 members (excludes halogenated alkanes) is 1. The van der Waals surface area contributed by atoms with Crippen molar-refractivity contribution in [1.82, 2.24) is 4.90 Å². The van der Waals surface area contributed by atoms with E-state index in [2.05, 4.69) is 0 Å². The average Bonchev–Trinajstić information content (AvgIpc) is 2.54. The number of benzene rings is 1. The Balaban J connectivity index is 1.64. The number of piperidine rings is 1. The smallest absolute Gasteiger partial charge is 0.222 e. The first-order chi connectivity index (χ1) is 11.1. The molecule has 5 nitrogen and oxygen atoms in total. The van der Waals surface area contributed by atoms with Crippen molar-refractivity contribution in [3.05, 3.63) is 29.8 Å². The van der Waals surface area contributed by atoms with E-state index in [1.807, 2.05) is 31.2 Å². The Hall–Kier alpha value is -2.04. The van der Waals surface area contributed by atoms with Gasteiger partial charge in [0, 0.05) is 19.5 Å². The number of rotatable bonds is 7. The van der Waals surface area contributed by atoms with E-state index in [0.717, 1.165) is 38.0 Å². The van der Waals surface area contributed by atoms with Gasteiger partial charge in [-0.05, 0) is 50.3 Å². The molecule has 1 fully saturated rings. The number of carbonyl (C=O) groups excluding carboxylic acids is 2. The molecule has 126 valence electrons. The number of hydrogen-bond acceptors (Lipinski definition) is 3. The predicted octanol–water partition coefficient (Wildman–Crippen LogP) is 2.27. The van der Waals surface area contributed by atoms with Gasteiger partial charge >= 0.3 is 0 Å². The molecule has 2 rings (SSSR count). The molecule has 2 amide bonds. The maximum atomic E-state index is 12.2. The van der Waals surface area contributed by atoms with Gasteiger partial charge in [0.25, 0.3) is 0 Å². The van der Waals surface area contributed by atoms with Crippen molar-refractivity contribution < 1.29 is 14.3 Å². The molecular formula is C18H26N2O3. The van der Waals surface area contributed by atoms with Gasteiger partial charge in [0.15, 0.2) is 0 Å². The number of nitrogens with zero attached hydrogens (tertiary/aromatic N) is 1. The molecule has 1 aliphatic rings. The molecule has 0 radical (unpaired) electrons. The van der Waals surface area contributed by atoms with E-state index in [-0.39, 0.29) is 17.7 Å². The summed E-state index contributed by atoms with van der Waals surface area (Å²) in [6, 6.07) is 7.95. The topological polar surface area (TPSA) is 72.6 Å². The second kappa shape index (κ2) is 8.56. The molecular weight excluding hydrogens is 292 g/mol. The number of primary amides is 1. The van der Waals surface area contributed by atoms with Crippen LogP contribution in [0.2, 0.25) is 0 Å². The van der Waals surface area contributed by atoms with Crippen LogP contribution in [0.3, 0.4) is 0 Å². The standard InChI is InChI=1S/C18H26N2O3/c1-14-6-4-8-16(12-14)23-11-3-2-9-17(21)20-10-5-7-15(13-20)18(19)22/h4,6,8,12,15H,2-3,5,7,9-11,13H2,1H3,(H2,19,22). The van der Waals surface area contributed by atoms with Crippen molar-refractivity contribution in [2.75, 3.05) is 19.7 Å². The summed E-state index contributed by atoms with van der Waals surface area (Å²) < 4.78 is 5.68. The Bertz CT molecular complexity index is 545. The van der Waals surface area contributed by atoms with E-state index >= 15 is 0 Å². The number of ether oxygens (including phenoxy) is 1. The molecule has 0 saturated carbocycles. The molecule has 0 spiro atoms. The zero-order chi connectivity index (χ0) is 16.7. The highest BCUT2D eigenvalue weighted by Crippen LogP contribution is 2.17. The maximum Gasteiger partial charge on any atom is 0.222 e. The summed E-state index contributed by atoms with van der Waals surface area (Å²) in [5.74, 6) is 0.509. The van der Waals surface area contributed by atoms with Crippen LogP contribution in [0.15, 0.2) is 24.3 Å². The largest absolute Gasteiger partial charge is 0.494 e. The Labute approximate surface area is 137 Å². The molecule has 0 aliphatic carbocycles. The highest BCUT2D eigenvalue weighted by atomic mass is 16.5. The van der Waals surface area contributed by atoms with Gasteiger partial charge in [-0.15, -0.1) is 0 Å². The van der Waals surface area contributed by atoms with Gasteiger partial charge in [0.1, 0.15) is 5.75 Å². The fourth-order valence-corrected chi connectivity index (χ4v) is 2.87. The summed E-state index contributed by atoms with van der Waals surface area (Å²) in [5, 5.41) is 0. The fourth-order valence-electron chi connectivity index (χ4n) is 2.87. The summed E-state index contributed by atoms with van der Waals surface area (Å²) in [7, 11) is 0. The van der Waals surface area contributed by atoms with Gasteiger partial charge < -0.3 is 15.4 Å². The van der Waals surface area contributed by atoms with Crippen molar-refractivity contribution in [1.29, 1.82) is 0 Å². The van der Waals surface area contributed by atoms with Crippen molar-refractivity contribution in [2.24, 2.45) is 11.7 Å².